The van der Waals surface area contributed by atoms with Crippen LogP contribution in [0.2, 0.25) is 0 Å². The van der Waals surface area contributed by atoms with E-state index in [0.717, 1.165) is 17.4 Å². The summed E-state index contributed by atoms with van der Waals surface area (Å²) in [5.41, 5.74) is 2.28. The van der Waals surface area contributed by atoms with Crippen molar-refractivity contribution in [2.45, 2.75) is 51.5 Å². The molecular weight excluding hydrogens is 246 g/mol. The zero-order valence-corrected chi connectivity index (χ0v) is 12.6. The lowest BCUT2D eigenvalue weighted by atomic mass is 9.83. The van der Waals surface area contributed by atoms with Gasteiger partial charge in [0.05, 0.1) is 11.0 Å². The Morgan fingerprint density at radius 1 is 1.25 bits per heavy atom. The van der Waals surface area contributed by atoms with Gasteiger partial charge in [-0.15, -0.1) is 0 Å². The first kappa shape index (κ1) is 13.5. The Bertz CT molecular complexity index is 567. The second-order valence-electron chi connectivity index (χ2n) is 6.04. The summed E-state index contributed by atoms with van der Waals surface area (Å²) >= 11 is 0. The quantitative estimate of drug-likeness (QED) is 0.896. The van der Waals surface area contributed by atoms with Crippen molar-refractivity contribution in [2.24, 2.45) is 13.0 Å². The fourth-order valence-electron chi connectivity index (χ4n) is 3.53. The van der Waals surface area contributed by atoms with Gasteiger partial charge in [0.1, 0.15) is 0 Å². The number of anilines is 1. The Balaban J connectivity index is 1.81. The number of benzene rings is 1. The van der Waals surface area contributed by atoms with Crippen molar-refractivity contribution in [1.82, 2.24) is 9.55 Å². The average Bonchev–Trinajstić information content (AvgIpc) is 2.82. The van der Waals surface area contributed by atoms with Gasteiger partial charge in [-0.1, -0.05) is 38.3 Å². The Morgan fingerprint density at radius 3 is 2.70 bits per heavy atom. The number of hydrogen-bond acceptors (Lipinski definition) is 2. The van der Waals surface area contributed by atoms with Crippen molar-refractivity contribution in [3.8, 4) is 0 Å². The van der Waals surface area contributed by atoms with Gasteiger partial charge in [0.25, 0.3) is 0 Å². The maximum atomic E-state index is 4.75. The molecule has 1 aliphatic carbocycles. The summed E-state index contributed by atoms with van der Waals surface area (Å²) in [5.74, 6) is 1.83. The van der Waals surface area contributed by atoms with Crippen molar-refractivity contribution >= 4 is 17.0 Å². The number of fused-ring (bicyclic) bond motifs is 1. The lowest BCUT2D eigenvalue weighted by molar-refractivity contribution is 0.312. The Hall–Kier alpha value is -1.51. The molecule has 3 rings (SSSR count). The van der Waals surface area contributed by atoms with E-state index in [1.807, 2.05) is 0 Å². The van der Waals surface area contributed by atoms with Gasteiger partial charge in [-0.2, -0.15) is 0 Å². The van der Waals surface area contributed by atoms with E-state index in [1.165, 1.54) is 44.0 Å². The predicted molar refractivity (Wildman–Crippen MR) is 85.0 cm³/mol. The standard InChI is InChI=1S/C17H25N3/c1-3-14(13-9-5-4-6-10-13)18-17-19-15-11-7-8-12-16(15)20(17)2/h7-8,11-14H,3-6,9-10H2,1-2H3,(H,18,19). The molecule has 0 bridgehead atoms. The second kappa shape index (κ2) is 5.86. The summed E-state index contributed by atoms with van der Waals surface area (Å²) in [6, 6.07) is 8.91. The van der Waals surface area contributed by atoms with E-state index in [9.17, 15) is 0 Å². The van der Waals surface area contributed by atoms with Crippen LogP contribution < -0.4 is 5.32 Å². The maximum Gasteiger partial charge on any atom is 0.203 e. The molecular formula is C17H25N3. The summed E-state index contributed by atoms with van der Waals surface area (Å²) in [5, 5.41) is 3.71. The monoisotopic (exact) mass is 271 g/mol. The molecule has 0 radical (unpaired) electrons. The summed E-state index contributed by atoms with van der Waals surface area (Å²) < 4.78 is 2.18. The van der Waals surface area contributed by atoms with Gasteiger partial charge in [0, 0.05) is 13.1 Å². The van der Waals surface area contributed by atoms with Crippen LogP contribution in [0.5, 0.6) is 0 Å². The number of hydrogen-bond donors (Lipinski definition) is 1. The van der Waals surface area contributed by atoms with Gasteiger partial charge in [-0.05, 0) is 37.3 Å². The second-order valence-corrected chi connectivity index (χ2v) is 6.04. The van der Waals surface area contributed by atoms with Crippen LogP contribution in [0.4, 0.5) is 5.95 Å². The van der Waals surface area contributed by atoms with Gasteiger partial charge in [-0.25, -0.2) is 4.98 Å². The van der Waals surface area contributed by atoms with Crippen LogP contribution in [0, 0.1) is 5.92 Å². The third-order valence-corrected chi connectivity index (χ3v) is 4.76. The minimum atomic E-state index is 0.561. The molecule has 1 aromatic carbocycles. The van der Waals surface area contributed by atoms with Gasteiger partial charge in [-0.3, -0.25) is 0 Å². The average molecular weight is 271 g/mol. The van der Waals surface area contributed by atoms with Crippen LogP contribution in [0.3, 0.4) is 0 Å². The molecule has 108 valence electrons. The Morgan fingerprint density at radius 2 is 2.00 bits per heavy atom. The van der Waals surface area contributed by atoms with Crippen LogP contribution in [0.1, 0.15) is 45.4 Å². The van der Waals surface area contributed by atoms with E-state index in [1.54, 1.807) is 0 Å². The fraction of sp³-hybridized carbons (Fsp3) is 0.588. The van der Waals surface area contributed by atoms with Gasteiger partial charge in [0.2, 0.25) is 5.95 Å². The number of imidazole rings is 1. The molecule has 3 nitrogen and oxygen atoms in total. The van der Waals surface area contributed by atoms with Crippen LogP contribution in [-0.4, -0.2) is 15.6 Å². The van der Waals surface area contributed by atoms with E-state index >= 15 is 0 Å². The molecule has 1 heterocycles. The van der Waals surface area contributed by atoms with Crippen molar-refractivity contribution in [3.05, 3.63) is 24.3 Å². The SMILES string of the molecule is CCC(Nc1nc2ccccc2n1C)C1CCCCC1. The number of para-hydroxylation sites is 2. The number of nitrogens with one attached hydrogen (secondary N) is 1. The third kappa shape index (κ3) is 2.54. The van der Waals surface area contributed by atoms with E-state index in [0.29, 0.717) is 6.04 Å². The smallest absolute Gasteiger partial charge is 0.203 e. The Kier molecular flexibility index (Phi) is 3.95. The first-order valence-corrected chi connectivity index (χ1v) is 7.97. The molecule has 1 fully saturated rings. The van der Waals surface area contributed by atoms with Crippen LogP contribution >= 0.6 is 0 Å². The molecule has 1 atom stereocenters. The minimum absolute atomic E-state index is 0.561. The molecule has 1 N–H and O–H groups in total. The normalized spacial score (nSPS) is 18.3. The molecule has 0 amide bonds. The van der Waals surface area contributed by atoms with Crippen molar-refractivity contribution in [2.75, 3.05) is 5.32 Å². The summed E-state index contributed by atoms with van der Waals surface area (Å²) in [7, 11) is 2.10. The van der Waals surface area contributed by atoms with Crippen LogP contribution in [-0.2, 0) is 7.05 Å². The molecule has 1 unspecified atom stereocenters. The van der Waals surface area contributed by atoms with Gasteiger partial charge >= 0.3 is 0 Å². The van der Waals surface area contributed by atoms with E-state index in [2.05, 4.69) is 48.1 Å². The zero-order chi connectivity index (χ0) is 13.9. The van der Waals surface area contributed by atoms with E-state index in [4.69, 9.17) is 4.98 Å². The molecule has 3 heteroatoms. The first-order valence-electron chi connectivity index (χ1n) is 7.97. The van der Waals surface area contributed by atoms with Gasteiger partial charge < -0.3 is 9.88 Å². The highest BCUT2D eigenvalue weighted by Crippen LogP contribution is 2.30. The summed E-state index contributed by atoms with van der Waals surface area (Å²) in [6.45, 7) is 2.29. The molecule has 0 spiro atoms. The van der Waals surface area contributed by atoms with Crippen LogP contribution in [0.25, 0.3) is 11.0 Å². The van der Waals surface area contributed by atoms with Crippen molar-refractivity contribution < 1.29 is 0 Å². The highest BCUT2D eigenvalue weighted by molar-refractivity contribution is 5.78. The molecule has 2 aromatic rings. The third-order valence-electron chi connectivity index (χ3n) is 4.76. The van der Waals surface area contributed by atoms with E-state index in [-0.39, 0.29) is 0 Å². The molecule has 20 heavy (non-hydrogen) atoms. The lowest BCUT2D eigenvalue weighted by Crippen LogP contribution is -2.31. The number of aromatic nitrogens is 2. The molecule has 0 aliphatic heterocycles. The zero-order valence-electron chi connectivity index (χ0n) is 12.6. The highest BCUT2D eigenvalue weighted by atomic mass is 15.2. The van der Waals surface area contributed by atoms with Crippen molar-refractivity contribution in [3.63, 3.8) is 0 Å². The number of aryl methyl sites for hydroxylation is 1. The van der Waals surface area contributed by atoms with Crippen LogP contribution in [0.15, 0.2) is 24.3 Å². The van der Waals surface area contributed by atoms with Crippen molar-refractivity contribution in [1.29, 1.82) is 0 Å². The number of rotatable bonds is 4. The summed E-state index contributed by atoms with van der Waals surface area (Å²) in [6.07, 6.45) is 8.12. The fourth-order valence-corrected chi connectivity index (χ4v) is 3.53. The maximum absolute atomic E-state index is 4.75. The van der Waals surface area contributed by atoms with E-state index < -0.39 is 0 Å². The highest BCUT2D eigenvalue weighted by Gasteiger charge is 2.23. The number of nitrogens with zero attached hydrogens (tertiary/aromatic N) is 2. The predicted octanol–water partition coefficient (Wildman–Crippen LogP) is 4.34. The molecule has 1 aliphatic rings. The minimum Gasteiger partial charge on any atom is -0.353 e. The molecule has 1 saturated carbocycles. The molecule has 1 aromatic heterocycles. The largest absolute Gasteiger partial charge is 0.353 e. The lowest BCUT2D eigenvalue weighted by Gasteiger charge is -2.30. The Labute approximate surface area is 121 Å². The topological polar surface area (TPSA) is 29.9 Å². The first-order chi connectivity index (χ1) is 9.79. The summed E-state index contributed by atoms with van der Waals surface area (Å²) in [4.78, 5) is 4.75. The van der Waals surface area contributed by atoms with Gasteiger partial charge in [0.15, 0.2) is 0 Å². The molecule has 0 saturated heterocycles.